The van der Waals surface area contributed by atoms with Crippen LogP contribution in [0.15, 0.2) is 30.5 Å². The van der Waals surface area contributed by atoms with Gasteiger partial charge >= 0.3 is 0 Å². The highest BCUT2D eigenvalue weighted by molar-refractivity contribution is 5.92. The Hall–Kier alpha value is -3.10. The number of hydrogen-bond donors (Lipinski definition) is 0. The summed E-state index contributed by atoms with van der Waals surface area (Å²) >= 11 is 0. The molecule has 4 heterocycles. The van der Waals surface area contributed by atoms with Crippen LogP contribution in [0.2, 0.25) is 0 Å². The second kappa shape index (κ2) is 6.81. The molecule has 1 saturated carbocycles. The largest absolute Gasteiger partial charge is 0.476 e. The van der Waals surface area contributed by atoms with Gasteiger partial charge in [-0.3, -0.25) is 4.79 Å². The van der Waals surface area contributed by atoms with Gasteiger partial charge in [0.25, 0.3) is 5.91 Å². The Morgan fingerprint density at radius 1 is 1.21 bits per heavy atom. The van der Waals surface area contributed by atoms with Crippen LogP contribution in [-0.4, -0.2) is 55.3 Å². The van der Waals surface area contributed by atoms with E-state index in [1.807, 2.05) is 6.07 Å². The predicted octanol–water partition coefficient (Wildman–Crippen LogP) is 2.08. The zero-order valence-electron chi connectivity index (χ0n) is 15.2. The molecule has 3 aromatic heterocycles. The maximum atomic E-state index is 13.8. The van der Waals surface area contributed by atoms with Gasteiger partial charge in [-0.05, 0) is 37.5 Å². The number of halogens is 1. The lowest BCUT2D eigenvalue weighted by Gasteiger charge is -2.16. The van der Waals surface area contributed by atoms with Gasteiger partial charge in [-0.25, -0.2) is 9.37 Å². The van der Waals surface area contributed by atoms with Crippen molar-refractivity contribution < 1.29 is 13.9 Å². The molecular weight excluding hydrogens is 363 g/mol. The minimum absolute atomic E-state index is 0.128. The average Bonchev–Trinajstić information content (AvgIpc) is 3.29. The van der Waals surface area contributed by atoms with Crippen molar-refractivity contribution in [3.05, 3.63) is 47.8 Å². The van der Waals surface area contributed by atoms with Gasteiger partial charge in [0.2, 0.25) is 5.88 Å². The lowest BCUT2D eigenvalue weighted by atomic mass is 10.1. The van der Waals surface area contributed by atoms with Crippen LogP contribution >= 0.6 is 0 Å². The zero-order valence-corrected chi connectivity index (χ0v) is 15.2. The molecule has 8 nitrogen and oxygen atoms in total. The first-order valence-electron chi connectivity index (χ1n) is 9.44. The molecule has 144 valence electrons. The molecule has 0 aromatic carbocycles. The van der Waals surface area contributed by atoms with Gasteiger partial charge in [-0.15, -0.1) is 15.3 Å². The molecule has 1 amide bonds. The van der Waals surface area contributed by atoms with Crippen molar-refractivity contribution >= 4 is 11.6 Å². The second-order valence-corrected chi connectivity index (χ2v) is 7.32. The average molecular weight is 382 g/mol. The van der Waals surface area contributed by atoms with Crippen molar-refractivity contribution in [2.24, 2.45) is 5.92 Å². The quantitative estimate of drug-likeness (QED) is 0.672. The summed E-state index contributed by atoms with van der Waals surface area (Å²) in [5, 5.41) is 12.9. The summed E-state index contributed by atoms with van der Waals surface area (Å²) in [5.41, 5.74) is 0.584. The monoisotopic (exact) mass is 382 g/mol. The number of pyridine rings is 1. The Labute approximate surface area is 160 Å². The smallest absolute Gasteiger partial charge is 0.275 e. The molecule has 0 radical (unpaired) electrons. The van der Waals surface area contributed by atoms with Crippen LogP contribution in [-0.2, 0) is 0 Å². The minimum Gasteiger partial charge on any atom is -0.476 e. The molecule has 1 aliphatic heterocycles. The first-order valence-corrected chi connectivity index (χ1v) is 9.44. The van der Waals surface area contributed by atoms with Gasteiger partial charge in [0, 0.05) is 37.2 Å². The third kappa shape index (κ3) is 3.17. The van der Waals surface area contributed by atoms with Crippen LogP contribution in [0.1, 0.15) is 41.5 Å². The number of rotatable bonds is 5. The highest BCUT2D eigenvalue weighted by Crippen LogP contribution is 2.38. The molecule has 1 atom stereocenters. The molecule has 5 rings (SSSR count). The molecule has 1 saturated heterocycles. The lowest BCUT2D eigenvalue weighted by molar-refractivity contribution is 0.0772. The number of nitrogens with zero attached hydrogens (tertiary/aromatic N) is 6. The van der Waals surface area contributed by atoms with Gasteiger partial charge in [-0.2, -0.15) is 4.52 Å². The Morgan fingerprint density at radius 3 is 2.93 bits per heavy atom. The van der Waals surface area contributed by atoms with Crippen LogP contribution in [0.3, 0.4) is 0 Å². The SMILES string of the molecule is O=C(c1ncccc1F)N1CCC(COc2ccc3nnc(C4CC4)n3n2)C1. The molecule has 1 unspecified atom stereocenters. The standard InChI is InChI=1S/C19H19FN6O2/c20-14-2-1-8-21-17(14)19(27)25-9-7-12(10-25)11-28-16-6-5-15-22-23-18(13-3-4-13)26(15)24-16/h1-2,5-6,8,12-13H,3-4,7,9-11H2. The summed E-state index contributed by atoms with van der Waals surface area (Å²) in [6.45, 7) is 1.51. The van der Waals surface area contributed by atoms with E-state index in [1.165, 1.54) is 18.3 Å². The lowest BCUT2D eigenvalue weighted by Crippen LogP contribution is -2.31. The van der Waals surface area contributed by atoms with Crippen molar-refractivity contribution in [1.82, 2.24) is 29.7 Å². The van der Waals surface area contributed by atoms with E-state index in [1.54, 1.807) is 15.5 Å². The third-order valence-electron chi connectivity index (χ3n) is 5.21. The molecule has 2 fully saturated rings. The van der Waals surface area contributed by atoms with E-state index in [9.17, 15) is 9.18 Å². The Balaban J connectivity index is 1.22. The Kier molecular flexibility index (Phi) is 4.14. The number of ether oxygens (including phenoxy) is 1. The number of carbonyl (C=O) groups is 1. The van der Waals surface area contributed by atoms with Crippen molar-refractivity contribution in [3.8, 4) is 5.88 Å². The van der Waals surface area contributed by atoms with E-state index in [-0.39, 0.29) is 17.5 Å². The summed E-state index contributed by atoms with van der Waals surface area (Å²) in [6.07, 6.45) is 4.46. The number of carbonyl (C=O) groups excluding carboxylic acids is 1. The third-order valence-corrected chi connectivity index (χ3v) is 5.21. The van der Waals surface area contributed by atoms with E-state index < -0.39 is 5.82 Å². The van der Waals surface area contributed by atoms with E-state index in [4.69, 9.17) is 4.74 Å². The van der Waals surface area contributed by atoms with Crippen LogP contribution in [0.5, 0.6) is 5.88 Å². The molecule has 0 spiro atoms. The van der Waals surface area contributed by atoms with Crippen molar-refractivity contribution in [2.75, 3.05) is 19.7 Å². The molecule has 9 heteroatoms. The minimum atomic E-state index is -0.592. The summed E-state index contributed by atoms with van der Waals surface area (Å²) in [5.74, 6) is 1.03. The fraction of sp³-hybridized carbons (Fsp3) is 0.421. The molecular formula is C19H19FN6O2. The zero-order chi connectivity index (χ0) is 19.1. The highest BCUT2D eigenvalue weighted by atomic mass is 19.1. The van der Waals surface area contributed by atoms with Crippen LogP contribution in [0.4, 0.5) is 4.39 Å². The summed E-state index contributed by atoms with van der Waals surface area (Å²) in [4.78, 5) is 18.0. The van der Waals surface area contributed by atoms with Gasteiger partial charge in [0.05, 0.1) is 6.61 Å². The van der Waals surface area contributed by atoms with Gasteiger partial charge in [0.1, 0.15) is 0 Å². The second-order valence-electron chi connectivity index (χ2n) is 7.32. The molecule has 0 bridgehead atoms. The number of fused-ring (bicyclic) bond motifs is 1. The normalized spacial score (nSPS) is 19.3. The molecule has 0 N–H and O–H groups in total. The van der Waals surface area contributed by atoms with Gasteiger partial charge in [-0.1, -0.05) is 0 Å². The number of aromatic nitrogens is 5. The van der Waals surface area contributed by atoms with Crippen LogP contribution < -0.4 is 4.74 Å². The summed E-state index contributed by atoms with van der Waals surface area (Å²) in [7, 11) is 0. The van der Waals surface area contributed by atoms with Crippen molar-refractivity contribution in [2.45, 2.75) is 25.2 Å². The maximum absolute atomic E-state index is 13.8. The fourth-order valence-electron chi connectivity index (χ4n) is 3.51. The van der Waals surface area contributed by atoms with Gasteiger partial charge in [0.15, 0.2) is 23.0 Å². The number of amides is 1. The molecule has 3 aromatic rings. The van der Waals surface area contributed by atoms with Crippen LogP contribution in [0.25, 0.3) is 5.65 Å². The van der Waals surface area contributed by atoms with E-state index in [0.29, 0.717) is 37.1 Å². The Morgan fingerprint density at radius 2 is 2.11 bits per heavy atom. The predicted molar refractivity (Wildman–Crippen MR) is 96.5 cm³/mol. The van der Waals surface area contributed by atoms with Gasteiger partial charge < -0.3 is 9.64 Å². The number of likely N-dealkylation sites (tertiary alicyclic amines) is 1. The van der Waals surface area contributed by atoms with E-state index in [2.05, 4.69) is 20.3 Å². The van der Waals surface area contributed by atoms with E-state index in [0.717, 1.165) is 25.1 Å². The molecule has 28 heavy (non-hydrogen) atoms. The fourth-order valence-corrected chi connectivity index (χ4v) is 3.51. The molecule has 1 aliphatic carbocycles. The highest BCUT2D eigenvalue weighted by Gasteiger charge is 2.31. The topological polar surface area (TPSA) is 85.5 Å². The van der Waals surface area contributed by atoms with Crippen molar-refractivity contribution in [1.29, 1.82) is 0 Å². The first kappa shape index (κ1) is 17.0. The Bertz CT molecular complexity index is 1030. The van der Waals surface area contributed by atoms with Crippen molar-refractivity contribution in [3.63, 3.8) is 0 Å². The first-order chi connectivity index (χ1) is 13.7. The van der Waals surface area contributed by atoms with Crippen LogP contribution in [0, 0.1) is 11.7 Å². The maximum Gasteiger partial charge on any atom is 0.275 e. The number of hydrogen-bond acceptors (Lipinski definition) is 6. The summed E-state index contributed by atoms with van der Waals surface area (Å²) in [6, 6.07) is 6.35. The summed E-state index contributed by atoms with van der Waals surface area (Å²) < 4.78 is 21.4. The van der Waals surface area contributed by atoms with E-state index >= 15 is 0 Å². The molecule has 2 aliphatic rings.